The topological polar surface area (TPSA) is 54.2 Å². The summed E-state index contributed by atoms with van der Waals surface area (Å²) in [5, 5.41) is 14.2. The number of piperidine rings is 1. The smallest absolute Gasteiger partial charge is 0.140 e. The lowest BCUT2D eigenvalue weighted by molar-refractivity contribution is -0.0192. The molecule has 1 fully saturated rings. The summed E-state index contributed by atoms with van der Waals surface area (Å²) in [5.41, 5.74) is -0.546. The van der Waals surface area contributed by atoms with Crippen LogP contribution in [0.1, 0.15) is 32.5 Å². The number of β-amino-alcohol motifs (C(OH)–C–C–N with tert-alkyl or cyclic N) is 1. The second kappa shape index (κ2) is 4.51. The monoisotopic (exact) mass is 224 g/mol. The maximum Gasteiger partial charge on any atom is 0.140 e. The van der Waals surface area contributed by atoms with Gasteiger partial charge in [-0.05, 0) is 33.2 Å². The Bertz CT molecular complexity index is 348. The molecule has 0 aromatic carbocycles. The fourth-order valence-electron chi connectivity index (χ4n) is 2.33. The lowest BCUT2D eigenvalue weighted by Gasteiger charge is -2.36. The van der Waals surface area contributed by atoms with Crippen molar-refractivity contribution in [3.8, 4) is 0 Å². The highest BCUT2D eigenvalue weighted by molar-refractivity contribution is 4.89. The van der Waals surface area contributed by atoms with Gasteiger partial charge in [-0.1, -0.05) is 0 Å². The van der Waals surface area contributed by atoms with Crippen LogP contribution in [0.5, 0.6) is 0 Å². The van der Waals surface area contributed by atoms with Gasteiger partial charge in [-0.25, -0.2) is 9.67 Å². The molecule has 2 heterocycles. The van der Waals surface area contributed by atoms with Crippen LogP contribution in [0.3, 0.4) is 0 Å². The minimum atomic E-state index is -0.546. The maximum absolute atomic E-state index is 10.0. The Hall–Kier alpha value is -0.940. The maximum atomic E-state index is 10.0. The second-order valence-electron chi connectivity index (χ2n) is 4.80. The van der Waals surface area contributed by atoms with Gasteiger partial charge in [0.25, 0.3) is 0 Å². The molecule has 0 saturated carbocycles. The van der Waals surface area contributed by atoms with Crippen LogP contribution in [0.25, 0.3) is 0 Å². The molecule has 1 unspecified atom stereocenters. The molecule has 0 aliphatic carbocycles. The molecule has 16 heavy (non-hydrogen) atoms. The molecule has 0 spiro atoms. The quantitative estimate of drug-likeness (QED) is 0.819. The first kappa shape index (κ1) is 11.5. The predicted molar refractivity (Wildman–Crippen MR) is 60.8 cm³/mol. The normalized spacial score (nSPS) is 27.2. The van der Waals surface area contributed by atoms with Crippen LogP contribution in [0, 0.1) is 0 Å². The Morgan fingerprint density at radius 3 is 3.06 bits per heavy atom. The van der Waals surface area contributed by atoms with Crippen molar-refractivity contribution in [3.63, 3.8) is 0 Å². The molecule has 1 saturated heterocycles. The predicted octanol–water partition coefficient (Wildman–Crippen LogP) is 0.645. The third-order valence-corrected chi connectivity index (χ3v) is 3.11. The summed E-state index contributed by atoms with van der Waals surface area (Å²) in [5.74, 6) is 0.986. The molecule has 1 aromatic heterocycles. The van der Waals surface area contributed by atoms with E-state index in [1.54, 1.807) is 6.33 Å². The Balaban J connectivity index is 1.99. The van der Waals surface area contributed by atoms with E-state index in [1.807, 2.05) is 11.6 Å². The average Bonchev–Trinajstić information content (AvgIpc) is 2.63. The second-order valence-corrected chi connectivity index (χ2v) is 4.80. The molecule has 5 heteroatoms. The highest BCUT2D eigenvalue weighted by Crippen LogP contribution is 2.21. The number of aliphatic hydroxyl groups is 1. The van der Waals surface area contributed by atoms with E-state index >= 15 is 0 Å². The van der Waals surface area contributed by atoms with Crippen LogP contribution in [-0.2, 0) is 13.1 Å². The number of aryl methyl sites for hydroxylation is 1. The molecule has 90 valence electrons. The fourth-order valence-corrected chi connectivity index (χ4v) is 2.33. The molecule has 1 aliphatic rings. The van der Waals surface area contributed by atoms with Crippen molar-refractivity contribution in [2.75, 3.05) is 13.1 Å². The summed E-state index contributed by atoms with van der Waals surface area (Å²) < 4.78 is 1.91. The van der Waals surface area contributed by atoms with E-state index in [2.05, 4.69) is 21.9 Å². The third kappa shape index (κ3) is 2.59. The third-order valence-electron chi connectivity index (χ3n) is 3.11. The summed E-state index contributed by atoms with van der Waals surface area (Å²) in [6.45, 7) is 7.36. The van der Waals surface area contributed by atoms with Crippen molar-refractivity contribution < 1.29 is 5.11 Å². The first-order valence-electron chi connectivity index (χ1n) is 5.92. The van der Waals surface area contributed by atoms with E-state index in [9.17, 15) is 5.11 Å². The standard InChI is InChI=1S/C11H20N4O/c1-3-15-10(12-9-13-15)7-14-6-4-5-11(2,16)8-14/h9,16H,3-8H2,1-2H3. The van der Waals surface area contributed by atoms with Crippen molar-refractivity contribution in [2.45, 2.75) is 45.4 Å². The lowest BCUT2D eigenvalue weighted by atomic mass is 9.95. The fraction of sp³-hybridized carbons (Fsp3) is 0.818. The zero-order valence-electron chi connectivity index (χ0n) is 10.1. The first-order valence-corrected chi connectivity index (χ1v) is 5.92. The van der Waals surface area contributed by atoms with Crippen molar-refractivity contribution in [3.05, 3.63) is 12.2 Å². The molecule has 2 rings (SSSR count). The van der Waals surface area contributed by atoms with Gasteiger partial charge >= 0.3 is 0 Å². The minimum absolute atomic E-state index is 0.546. The van der Waals surface area contributed by atoms with E-state index < -0.39 is 5.60 Å². The van der Waals surface area contributed by atoms with Crippen LogP contribution in [-0.4, -0.2) is 43.5 Å². The van der Waals surface area contributed by atoms with E-state index in [0.29, 0.717) is 0 Å². The van der Waals surface area contributed by atoms with Gasteiger partial charge in [0, 0.05) is 13.1 Å². The SMILES string of the molecule is CCn1ncnc1CN1CCCC(C)(O)C1. The highest BCUT2D eigenvalue weighted by Gasteiger charge is 2.28. The molecular formula is C11H20N4O. The lowest BCUT2D eigenvalue weighted by Crippen LogP contribution is -2.45. The molecule has 0 radical (unpaired) electrons. The summed E-state index contributed by atoms with van der Waals surface area (Å²) in [6, 6.07) is 0. The van der Waals surface area contributed by atoms with E-state index in [1.165, 1.54) is 0 Å². The molecular weight excluding hydrogens is 204 g/mol. The van der Waals surface area contributed by atoms with Crippen molar-refractivity contribution >= 4 is 0 Å². The van der Waals surface area contributed by atoms with Crippen LogP contribution in [0.4, 0.5) is 0 Å². The highest BCUT2D eigenvalue weighted by atomic mass is 16.3. The molecule has 0 bridgehead atoms. The van der Waals surface area contributed by atoms with Crippen LogP contribution in [0.2, 0.25) is 0 Å². The largest absolute Gasteiger partial charge is 0.389 e. The molecule has 0 amide bonds. The zero-order valence-corrected chi connectivity index (χ0v) is 10.1. The van der Waals surface area contributed by atoms with Gasteiger partial charge in [0.2, 0.25) is 0 Å². The summed E-state index contributed by atoms with van der Waals surface area (Å²) in [7, 11) is 0. The number of hydrogen-bond acceptors (Lipinski definition) is 4. The Morgan fingerprint density at radius 2 is 2.38 bits per heavy atom. The van der Waals surface area contributed by atoms with E-state index in [-0.39, 0.29) is 0 Å². The van der Waals surface area contributed by atoms with Gasteiger partial charge in [-0.15, -0.1) is 0 Å². The number of rotatable bonds is 3. The molecule has 1 aromatic rings. The number of aromatic nitrogens is 3. The van der Waals surface area contributed by atoms with E-state index in [0.717, 1.165) is 44.8 Å². The summed E-state index contributed by atoms with van der Waals surface area (Å²) in [4.78, 5) is 6.51. The van der Waals surface area contributed by atoms with Gasteiger partial charge in [0.15, 0.2) is 0 Å². The number of nitrogens with zero attached hydrogens (tertiary/aromatic N) is 4. The van der Waals surface area contributed by atoms with Gasteiger partial charge in [0.05, 0.1) is 12.1 Å². The van der Waals surface area contributed by atoms with Crippen LogP contribution in [0.15, 0.2) is 6.33 Å². The van der Waals surface area contributed by atoms with Crippen molar-refractivity contribution in [1.29, 1.82) is 0 Å². The van der Waals surface area contributed by atoms with Gasteiger partial charge in [-0.2, -0.15) is 5.10 Å². The molecule has 1 atom stereocenters. The van der Waals surface area contributed by atoms with Gasteiger partial charge < -0.3 is 5.11 Å². The Labute approximate surface area is 96.1 Å². The Kier molecular flexibility index (Phi) is 3.25. The van der Waals surface area contributed by atoms with Gasteiger partial charge in [0.1, 0.15) is 12.2 Å². The van der Waals surface area contributed by atoms with Gasteiger partial charge in [-0.3, -0.25) is 4.90 Å². The summed E-state index contributed by atoms with van der Waals surface area (Å²) in [6.07, 6.45) is 3.54. The summed E-state index contributed by atoms with van der Waals surface area (Å²) >= 11 is 0. The van der Waals surface area contributed by atoms with E-state index in [4.69, 9.17) is 0 Å². The molecule has 1 N–H and O–H groups in total. The van der Waals surface area contributed by atoms with Crippen LogP contribution >= 0.6 is 0 Å². The van der Waals surface area contributed by atoms with Crippen molar-refractivity contribution in [1.82, 2.24) is 19.7 Å². The number of likely N-dealkylation sites (tertiary alicyclic amines) is 1. The molecule has 1 aliphatic heterocycles. The average molecular weight is 224 g/mol. The van der Waals surface area contributed by atoms with Crippen molar-refractivity contribution in [2.24, 2.45) is 0 Å². The Morgan fingerprint density at radius 1 is 1.56 bits per heavy atom. The zero-order chi connectivity index (χ0) is 11.6. The van der Waals surface area contributed by atoms with Crippen LogP contribution < -0.4 is 0 Å². The molecule has 5 nitrogen and oxygen atoms in total. The minimum Gasteiger partial charge on any atom is -0.389 e. The number of hydrogen-bond donors (Lipinski definition) is 1. The first-order chi connectivity index (χ1) is 7.61.